The minimum Gasteiger partial charge on any atom is -0.497 e. The number of carbonyl (C=O) groups is 2. The van der Waals surface area contributed by atoms with Crippen LogP contribution in [0.15, 0.2) is 192 Å². The fourth-order valence-corrected chi connectivity index (χ4v) is 12.0. The van der Waals surface area contributed by atoms with Crippen LogP contribution in [0.25, 0.3) is 0 Å². The van der Waals surface area contributed by atoms with E-state index in [1.165, 1.54) is 32.7 Å². The Hall–Kier alpha value is -8.56. The zero-order valence-electron chi connectivity index (χ0n) is 45.4. The first-order valence-electron chi connectivity index (χ1n) is 26.3. The third-order valence-corrected chi connectivity index (χ3v) is 16.4. The van der Waals surface area contributed by atoms with Crippen molar-refractivity contribution in [1.29, 1.82) is 0 Å². The van der Waals surface area contributed by atoms with Gasteiger partial charge in [-0.3, -0.25) is 18.7 Å². The van der Waals surface area contributed by atoms with Crippen LogP contribution in [-0.4, -0.2) is 95.1 Å². The molecule has 0 aliphatic carbocycles. The van der Waals surface area contributed by atoms with Crippen LogP contribution in [0.1, 0.15) is 58.7 Å². The van der Waals surface area contributed by atoms with Crippen molar-refractivity contribution in [2.75, 3.05) is 63.8 Å². The van der Waals surface area contributed by atoms with Crippen LogP contribution >= 0.6 is 23.5 Å². The first kappa shape index (κ1) is 56.7. The SMILES string of the molecule is COc1ccc(C(Nc2ccn([C@@H]3CS[C@H](COC(=O)CCC(=O)OC[C@@H]4O[C@H](n5ccc(NC(c6ccccc6)(c6ccc(OC)cc6)c6ccc(OC)cc6)nc5=O)CS4)O3)c(=O)n2)(c2ccccc2)c2ccc(OC)cc2)cc1. The van der Waals surface area contributed by atoms with Crippen LogP contribution in [0, 0.1) is 0 Å². The normalized spacial score (nSPS) is 16.9. The van der Waals surface area contributed by atoms with Gasteiger partial charge in [-0.2, -0.15) is 9.97 Å². The molecule has 8 aromatic rings. The van der Waals surface area contributed by atoms with E-state index in [-0.39, 0.29) is 26.1 Å². The van der Waals surface area contributed by atoms with E-state index in [1.54, 1.807) is 53.0 Å². The molecule has 18 nitrogen and oxygen atoms in total. The highest BCUT2D eigenvalue weighted by atomic mass is 32.2. The lowest BCUT2D eigenvalue weighted by Crippen LogP contribution is -2.39. The number of hydrogen-bond donors (Lipinski definition) is 2. The highest BCUT2D eigenvalue weighted by Gasteiger charge is 2.40. The summed E-state index contributed by atoms with van der Waals surface area (Å²) in [6, 6.07) is 54.1. The molecule has 4 heterocycles. The number of anilines is 2. The maximum absolute atomic E-state index is 13.8. The molecule has 0 spiro atoms. The van der Waals surface area contributed by atoms with E-state index < -0.39 is 57.7 Å². The Bertz CT molecular complexity index is 3230. The molecule has 4 atom stereocenters. The van der Waals surface area contributed by atoms with E-state index in [0.717, 1.165) is 33.4 Å². The van der Waals surface area contributed by atoms with Crippen molar-refractivity contribution in [3.63, 3.8) is 0 Å². The lowest BCUT2D eigenvalue weighted by molar-refractivity contribution is -0.153. The molecule has 422 valence electrons. The molecule has 2 aliphatic rings. The molecular formula is C62H60N6O12S2. The Balaban J connectivity index is 0.712. The molecular weight excluding hydrogens is 1080 g/mol. The fourth-order valence-electron chi connectivity index (χ4n) is 9.98. The number of nitrogens with one attached hydrogen (secondary N) is 2. The largest absolute Gasteiger partial charge is 0.497 e. The van der Waals surface area contributed by atoms with Gasteiger partial charge in [0.25, 0.3) is 0 Å². The van der Waals surface area contributed by atoms with Crippen molar-refractivity contribution in [3.05, 3.63) is 237 Å². The molecule has 0 unspecified atom stereocenters. The smallest absolute Gasteiger partial charge is 0.351 e. The van der Waals surface area contributed by atoms with Gasteiger partial charge in [0.1, 0.15) is 82.3 Å². The predicted octanol–water partition coefficient (Wildman–Crippen LogP) is 9.39. The highest BCUT2D eigenvalue weighted by Crippen LogP contribution is 2.43. The first-order valence-corrected chi connectivity index (χ1v) is 28.4. The summed E-state index contributed by atoms with van der Waals surface area (Å²) in [5.74, 6) is 3.00. The third-order valence-electron chi connectivity index (χ3n) is 14.2. The minimum atomic E-state index is -1.00. The lowest BCUT2D eigenvalue weighted by atomic mass is 9.77. The lowest BCUT2D eigenvalue weighted by Gasteiger charge is -2.37. The maximum Gasteiger partial charge on any atom is 0.351 e. The van der Waals surface area contributed by atoms with Gasteiger partial charge in [-0.1, -0.05) is 109 Å². The third kappa shape index (κ3) is 12.5. The van der Waals surface area contributed by atoms with Crippen molar-refractivity contribution in [2.24, 2.45) is 0 Å². The van der Waals surface area contributed by atoms with Crippen LogP contribution in [0.3, 0.4) is 0 Å². The molecule has 2 saturated heterocycles. The zero-order valence-corrected chi connectivity index (χ0v) is 47.0. The summed E-state index contributed by atoms with van der Waals surface area (Å²) < 4.78 is 48.0. The average Bonchev–Trinajstić information content (AvgIpc) is 2.27. The number of benzene rings is 6. The average molecular weight is 1150 g/mol. The van der Waals surface area contributed by atoms with E-state index >= 15 is 0 Å². The second kappa shape index (κ2) is 25.9. The van der Waals surface area contributed by atoms with Gasteiger partial charge in [0, 0.05) is 23.9 Å². The summed E-state index contributed by atoms with van der Waals surface area (Å²) in [7, 11) is 6.46. The summed E-state index contributed by atoms with van der Waals surface area (Å²) in [6.45, 7) is -0.197. The second-order valence-corrected chi connectivity index (χ2v) is 21.4. The van der Waals surface area contributed by atoms with E-state index in [9.17, 15) is 19.2 Å². The van der Waals surface area contributed by atoms with E-state index in [2.05, 4.69) is 20.6 Å². The van der Waals surface area contributed by atoms with Crippen molar-refractivity contribution in [3.8, 4) is 23.0 Å². The maximum atomic E-state index is 13.8. The molecule has 6 aromatic carbocycles. The van der Waals surface area contributed by atoms with Crippen LogP contribution in [0.5, 0.6) is 23.0 Å². The fraction of sp³-hybridized carbons (Fsp3) is 0.258. The van der Waals surface area contributed by atoms with E-state index in [4.69, 9.17) is 37.9 Å². The molecule has 20 heteroatoms. The van der Waals surface area contributed by atoms with Crippen molar-refractivity contribution in [2.45, 2.75) is 47.2 Å². The number of hydrogen-bond acceptors (Lipinski definition) is 18. The van der Waals surface area contributed by atoms with Crippen LogP contribution in [0.4, 0.5) is 11.6 Å². The van der Waals surface area contributed by atoms with Crippen LogP contribution in [-0.2, 0) is 39.6 Å². The number of rotatable bonds is 23. The number of thioether (sulfide) groups is 2. The minimum absolute atomic E-state index is 0.0986. The van der Waals surface area contributed by atoms with Gasteiger partial charge in [0.2, 0.25) is 0 Å². The zero-order chi connectivity index (χ0) is 57.1. The molecule has 82 heavy (non-hydrogen) atoms. The van der Waals surface area contributed by atoms with E-state index in [0.29, 0.717) is 46.1 Å². The number of esters is 2. The van der Waals surface area contributed by atoms with Crippen molar-refractivity contribution >= 4 is 47.1 Å². The summed E-state index contributed by atoms with van der Waals surface area (Å²) in [5.41, 5.74) is 1.08. The summed E-state index contributed by atoms with van der Waals surface area (Å²) in [4.78, 5) is 62.2. The molecule has 10 rings (SSSR count). The van der Waals surface area contributed by atoms with Gasteiger partial charge < -0.3 is 48.5 Å². The van der Waals surface area contributed by atoms with Gasteiger partial charge in [-0.25, -0.2) is 9.59 Å². The molecule has 0 radical (unpaired) electrons. The van der Waals surface area contributed by atoms with Crippen molar-refractivity contribution < 1.29 is 47.5 Å². The van der Waals surface area contributed by atoms with E-state index in [1.807, 2.05) is 158 Å². The van der Waals surface area contributed by atoms with Gasteiger partial charge in [0.05, 0.1) is 41.3 Å². The Morgan fingerprint density at radius 2 is 0.780 bits per heavy atom. The molecule has 2 aliphatic heterocycles. The van der Waals surface area contributed by atoms with Crippen LogP contribution in [0.2, 0.25) is 0 Å². The molecule has 0 amide bonds. The van der Waals surface area contributed by atoms with Gasteiger partial charge in [-0.05, 0) is 94.0 Å². The van der Waals surface area contributed by atoms with Gasteiger partial charge >= 0.3 is 23.3 Å². The topological polar surface area (TPSA) is 202 Å². The number of methoxy groups -OCH3 is 4. The summed E-state index contributed by atoms with van der Waals surface area (Å²) >= 11 is 2.78. The number of carbonyl (C=O) groups excluding carboxylic acids is 2. The molecule has 2 fully saturated rings. The monoisotopic (exact) mass is 1140 g/mol. The standard InChI is InChI=1S/C62H60N6O12S2/c1-73-47-23-15-43(16-24-47)61(41-11-7-5-8-12-41,44-17-25-48(74-2)26-18-44)65-51-33-35-67(59(71)63-51)53-39-81-57(79-53)37-77-55(69)31-32-56(70)78-38-58-80-54(40-82-58)68-36-34-52(64-60(68)72)66-62(42-13-9-6-10-14-42,45-19-27-49(75-3)28-20-45)46-21-29-50(76-4)30-22-46/h5-30,33-36,53-54,57-58H,31-32,37-40H2,1-4H3,(H,63,65,71)(H,64,66,72)/t53-,54-,57+,58+/m0/s1. The van der Waals surface area contributed by atoms with Gasteiger partial charge in [0.15, 0.2) is 0 Å². The van der Waals surface area contributed by atoms with Crippen molar-refractivity contribution in [1.82, 2.24) is 19.1 Å². The molecule has 2 N–H and O–H groups in total. The second-order valence-electron chi connectivity index (χ2n) is 19.0. The Labute approximate surface area is 482 Å². The first-order chi connectivity index (χ1) is 40.0. The summed E-state index contributed by atoms with van der Waals surface area (Å²) in [6.07, 6.45) is 1.47. The Morgan fingerprint density at radius 1 is 0.476 bits per heavy atom. The highest BCUT2D eigenvalue weighted by molar-refractivity contribution is 8.00. The number of nitrogens with zero attached hydrogens (tertiary/aromatic N) is 4. The molecule has 0 bridgehead atoms. The molecule has 2 aromatic heterocycles. The Morgan fingerprint density at radius 3 is 1.07 bits per heavy atom. The van der Waals surface area contributed by atoms with Gasteiger partial charge in [-0.15, -0.1) is 23.5 Å². The number of aromatic nitrogens is 4. The number of ether oxygens (including phenoxy) is 8. The Kier molecular flexibility index (Phi) is 17.9. The molecule has 0 saturated carbocycles. The van der Waals surface area contributed by atoms with Crippen LogP contribution < -0.4 is 41.0 Å². The summed E-state index contributed by atoms with van der Waals surface area (Å²) in [5, 5.41) is 7.24. The quantitative estimate of drug-likeness (QED) is 0.0453. The predicted molar refractivity (Wildman–Crippen MR) is 313 cm³/mol.